The second kappa shape index (κ2) is 24.7. The third-order valence-corrected chi connectivity index (χ3v) is 10.6. The molecule has 2 bridgehead atoms. The number of carboxylic acids is 2. The number of fused-ring (bicyclic) bond motifs is 2. The lowest BCUT2D eigenvalue weighted by atomic mass is 10.1. The van der Waals surface area contributed by atoms with Crippen LogP contribution in [0.1, 0.15) is 51.9 Å². The van der Waals surface area contributed by atoms with Crippen molar-refractivity contribution in [1.82, 2.24) is 40.1 Å². The van der Waals surface area contributed by atoms with Crippen molar-refractivity contribution in [1.29, 1.82) is 0 Å². The van der Waals surface area contributed by atoms with E-state index in [1.165, 1.54) is 23.5 Å². The largest absolute Gasteiger partial charge is 0.480 e. The average Bonchev–Trinajstić information content (AvgIpc) is 3.09. The minimum atomic E-state index is -0.954. The Balaban J connectivity index is 2.06. The Labute approximate surface area is 307 Å². The molecule has 1 aliphatic heterocycles. The number of carbonyl (C=O) groups is 4. The summed E-state index contributed by atoms with van der Waals surface area (Å²) < 4.78 is 0. The fourth-order valence-electron chi connectivity index (χ4n) is 5.78. The van der Waals surface area contributed by atoms with Crippen molar-refractivity contribution in [2.75, 3.05) is 97.1 Å². The number of nitrogens with one attached hydrogen (secondary N) is 2. The highest BCUT2D eigenvalue weighted by molar-refractivity contribution is 8.13. The second-order valence-electron chi connectivity index (χ2n) is 12.3. The van der Waals surface area contributed by atoms with Crippen molar-refractivity contribution in [2.45, 2.75) is 65.7 Å². The standard InChI is InChI=1S/C34H60N8O6S2/c1-6-39(7-2)21-23-49-33(47)35-15-13-29(31(43)44)41-19-17-38(5)18-20-42(26-28-12-10-11-27(25-41)37-28)30(32(45)46)14-16-36-34(48)50-24-22-40(8-3)9-4/h10-12,29-30H,6-9,13-26H2,1-5H3,(H,35,47)(H,36,48)(H,43,44)(H,45,46). The molecule has 0 spiro atoms. The number of aliphatic carboxylic acids is 2. The number of carbonyl (C=O) groups excluding carboxylic acids is 2. The van der Waals surface area contributed by atoms with Crippen LogP contribution in [0.15, 0.2) is 18.2 Å². The molecule has 0 radical (unpaired) electrons. The molecule has 284 valence electrons. The molecule has 0 fully saturated rings. The van der Waals surface area contributed by atoms with E-state index in [1.54, 1.807) is 0 Å². The van der Waals surface area contributed by atoms with Crippen LogP contribution >= 0.6 is 23.5 Å². The minimum absolute atomic E-state index is 0.152. The maximum atomic E-state index is 12.5. The molecule has 2 heterocycles. The van der Waals surface area contributed by atoms with Crippen LogP contribution in [0.25, 0.3) is 0 Å². The van der Waals surface area contributed by atoms with Crippen LogP contribution in [0.5, 0.6) is 0 Å². The molecule has 0 aliphatic carbocycles. The monoisotopic (exact) mass is 740 g/mol. The van der Waals surface area contributed by atoms with E-state index in [-0.39, 0.29) is 36.4 Å². The fraction of sp³-hybridized carbons (Fsp3) is 0.735. The molecule has 4 N–H and O–H groups in total. The molecule has 1 aromatic rings. The van der Waals surface area contributed by atoms with E-state index in [1.807, 2.05) is 35.0 Å². The Morgan fingerprint density at radius 3 is 1.50 bits per heavy atom. The molecule has 14 nitrogen and oxygen atoms in total. The van der Waals surface area contributed by atoms with Gasteiger partial charge in [0, 0.05) is 77.0 Å². The van der Waals surface area contributed by atoms with Gasteiger partial charge < -0.3 is 35.5 Å². The van der Waals surface area contributed by atoms with E-state index in [2.05, 4.69) is 53.0 Å². The highest BCUT2D eigenvalue weighted by Crippen LogP contribution is 2.16. The number of hydrogen-bond donors (Lipinski definition) is 4. The van der Waals surface area contributed by atoms with Gasteiger partial charge in [0.2, 0.25) is 0 Å². The molecule has 16 heteroatoms. The zero-order valence-electron chi connectivity index (χ0n) is 30.6. The van der Waals surface area contributed by atoms with Gasteiger partial charge in [0.25, 0.3) is 10.5 Å². The second-order valence-corrected chi connectivity index (χ2v) is 14.5. The van der Waals surface area contributed by atoms with E-state index in [0.717, 1.165) is 39.3 Å². The Morgan fingerprint density at radius 1 is 0.740 bits per heavy atom. The number of thioether (sulfide) groups is 2. The van der Waals surface area contributed by atoms with Crippen molar-refractivity contribution < 1.29 is 29.4 Å². The molecule has 1 aliphatic rings. The number of amides is 2. The van der Waals surface area contributed by atoms with Gasteiger partial charge in [-0.05, 0) is 58.2 Å². The topological polar surface area (TPSA) is 162 Å². The smallest absolute Gasteiger partial charge is 0.320 e. The lowest BCUT2D eigenvalue weighted by molar-refractivity contribution is -0.144. The molecule has 50 heavy (non-hydrogen) atoms. The minimum Gasteiger partial charge on any atom is -0.480 e. The summed E-state index contributed by atoms with van der Waals surface area (Å²) in [7, 11) is 1.94. The van der Waals surface area contributed by atoms with Gasteiger partial charge >= 0.3 is 11.9 Å². The summed E-state index contributed by atoms with van der Waals surface area (Å²) >= 11 is 2.43. The molecule has 2 atom stereocenters. The molecule has 0 saturated carbocycles. The first-order valence-corrected chi connectivity index (χ1v) is 19.8. The Hall–Kier alpha value is -2.47. The summed E-state index contributed by atoms with van der Waals surface area (Å²) in [5.41, 5.74) is 1.38. The summed E-state index contributed by atoms with van der Waals surface area (Å²) in [4.78, 5) is 65.0. The number of rotatable bonds is 20. The van der Waals surface area contributed by atoms with Crippen LogP contribution in [-0.2, 0) is 22.7 Å². The van der Waals surface area contributed by atoms with Gasteiger partial charge in [-0.2, -0.15) is 0 Å². The highest BCUT2D eigenvalue weighted by atomic mass is 32.2. The summed E-state index contributed by atoms with van der Waals surface area (Å²) in [6.45, 7) is 16.8. The van der Waals surface area contributed by atoms with Crippen LogP contribution in [-0.4, -0.2) is 171 Å². The molecular formula is C34H60N8O6S2. The van der Waals surface area contributed by atoms with Crippen LogP contribution in [0.4, 0.5) is 9.59 Å². The molecule has 0 aromatic carbocycles. The maximum Gasteiger partial charge on any atom is 0.320 e. The van der Waals surface area contributed by atoms with Crippen molar-refractivity contribution in [3.05, 3.63) is 29.6 Å². The average molecular weight is 741 g/mol. The van der Waals surface area contributed by atoms with Crippen molar-refractivity contribution in [3.63, 3.8) is 0 Å². The summed E-state index contributed by atoms with van der Waals surface area (Å²) in [6, 6.07) is 3.92. The van der Waals surface area contributed by atoms with Crippen LogP contribution in [0.3, 0.4) is 0 Å². The maximum absolute atomic E-state index is 12.5. The normalized spacial score (nSPS) is 16.4. The zero-order chi connectivity index (χ0) is 36.9. The highest BCUT2D eigenvalue weighted by Gasteiger charge is 2.29. The van der Waals surface area contributed by atoms with Gasteiger partial charge in [-0.1, -0.05) is 57.3 Å². The predicted molar refractivity (Wildman–Crippen MR) is 202 cm³/mol. The first-order chi connectivity index (χ1) is 24.0. The number of pyridine rings is 1. The summed E-state index contributed by atoms with van der Waals surface area (Å²) in [5, 5.41) is 25.9. The molecule has 2 unspecified atom stereocenters. The third kappa shape index (κ3) is 16.7. The molecule has 0 saturated heterocycles. The summed E-state index contributed by atoms with van der Waals surface area (Å²) in [6.07, 6.45) is 0.500. The van der Waals surface area contributed by atoms with E-state index in [4.69, 9.17) is 4.98 Å². The van der Waals surface area contributed by atoms with Gasteiger partial charge in [-0.15, -0.1) is 0 Å². The Kier molecular flexibility index (Phi) is 21.6. The number of aromatic nitrogens is 1. The van der Waals surface area contributed by atoms with Gasteiger partial charge in [-0.3, -0.25) is 34.0 Å². The molecular weight excluding hydrogens is 681 g/mol. The number of hydrogen-bond acceptors (Lipinski definition) is 12. The predicted octanol–water partition coefficient (Wildman–Crippen LogP) is 2.89. The first kappa shape index (κ1) is 43.7. The molecule has 2 amide bonds. The van der Waals surface area contributed by atoms with Gasteiger partial charge in [-0.25, -0.2) is 0 Å². The van der Waals surface area contributed by atoms with E-state index in [9.17, 15) is 29.4 Å². The van der Waals surface area contributed by atoms with E-state index in [0.29, 0.717) is 62.2 Å². The lowest BCUT2D eigenvalue weighted by Crippen LogP contribution is -2.48. The lowest BCUT2D eigenvalue weighted by Gasteiger charge is -2.34. The Morgan fingerprint density at radius 2 is 1.14 bits per heavy atom. The number of likely N-dealkylation sites (N-methyl/N-ethyl adjacent to an activating group) is 1. The van der Waals surface area contributed by atoms with E-state index >= 15 is 0 Å². The number of nitrogens with zero attached hydrogens (tertiary/aromatic N) is 6. The molecule has 2 rings (SSSR count). The molecule has 1 aromatic heterocycles. The van der Waals surface area contributed by atoms with Crippen LogP contribution in [0, 0.1) is 0 Å². The van der Waals surface area contributed by atoms with Gasteiger partial charge in [0.05, 0.1) is 11.4 Å². The van der Waals surface area contributed by atoms with Crippen LogP contribution < -0.4 is 10.6 Å². The van der Waals surface area contributed by atoms with Crippen molar-refractivity contribution in [2.24, 2.45) is 0 Å². The SMILES string of the molecule is CCN(CC)CCSC(=O)NCCC(C(=O)O)N1CCN(C)CCN(C(CCNC(=O)SCCN(CC)CC)C(=O)O)Cc2cccc(n2)C1. The fourth-order valence-corrected chi connectivity index (χ4v) is 7.26. The van der Waals surface area contributed by atoms with E-state index < -0.39 is 24.0 Å². The van der Waals surface area contributed by atoms with Crippen molar-refractivity contribution >= 4 is 45.9 Å². The van der Waals surface area contributed by atoms with Crippen LogP contribution in [0.2, 0.25) is 0 Å². The third-order valence-electron chi connectivity index (χ3n) is 9.03. The van der Waals surface area contributed by atoms with Gasteiger partial charge in [0.1, 0.15) is 12.1 Å². The Bertz CT molecular complexity index is 1090. The first-order valence-electron chi connectivity index (χ1n) is 17.8. The van der Waals surface area contributed by atoms with Crippen molar-refractivity contribution in [3.8, 4) is 0 Å². The number of carboxylic acid groups (broad SMARTS) is 2. The summed E-state index contributed by atoms with van der Waals surface area (Å²) in [5.74, 6) is -0.559. The van der Waals surface area contributed by atoms with Gasteiger partial charge in [0.15, 0.2) is 0 Å². The quantitative estimate of drug-likeness (QED) is 0.154. The zero-order valence-corrected chi connectivity index (χ0v) is 32.3.